The maximum absolute atomic E-state index is 9.88. The SMILES string of the molecule is CC(CC(O)c1ccco1)NCc1ccco1. The van der Waals surface area contributed by atoms with E-state index < -0.39 is 6.10 Å². The van der Waals surface area contributed by atoms with Crippen molar-refractivity contribution in [2.24, 2.45) is 0 Å². The number of aliphatic hydroxyl groups excluding tert-OH is 1. The normalized spacial score (nSPS) is 14.7. The summed E-state index contributed by atoms with van der Waals surface area (Å²) in [5, 5.41) is 13.2. The van der Waals surface area contributed by atoms with Gasteiger partial charge in [0.15, 0.2) is 0 Å². The van der Waals surface area contributed by atoms with E-state index in [2.05, 4.69) is 5.32 Å². The number of hydrogen-bond donors (Lipinski definition) is 2. The Kier molecular flexibility index (Phi) is 4.01. The van der Waals surface area contributed by atoms with E-state index in [1.165, 1.54) is 0 Å². The molecule has 2 atom stereocenters. The molecule has 4 nitrogen and oxygen atoms in total. The fourth-order valence-corrected chi connectivity index (χ4v) is 1.70. The van der Waals surface area contributed by atoms with Crippen LogP contribution in [-0.4, -0.2) is 11.1 Å². The molecule has 0 aromatic carbocycles. The molecule has 0 aliphatic carbocycles. The number of furan rings is 2. The first-order valence-electron chi connectivity index (χ1n) is 5.73. The van der Waals surface area contributed by atoms with Crippen molar-refractivity contribution in [3.05, 3.63) is 48.3 Å². The zero-order valence-corrected chi connectivity index (χ0v) is 9.80. The van der Waals surface area contributed by atoms with Gasteiger partial charge in [0.2, 0.25) is 0 Å². The van der Waals surface area contributed by atoms with Crippen LogP contribution in [0.15, 0.2) is 45.6 Å². The fourth-order valence-electron chi connectivity index (χ4n) is 1.70. The van der Waals surface area contributed by atoms with E-state index in [-0.39, 0.29) is 6.04 Å². The van der Waals surface area contributed by atoms with Crippen LogP contribution in [0.3, 0.4) is 0 Å². The zero-order chi connectivity index (χ0) is 12.1. The van der Waals surface area contributed by atoms with E-state index in [9.17, 15) is 5.11 Å². The molecule has 0 bridgehead atoms. The van der Waals surface area contributed by atoms with Crippen LogP contribution in [0.4, 0.5) is 0 Å². The van der Waals surface area contributed by atoms with Crippen LogP contribution < -0.4 is 5.32 Å². The first kappa shape index (κ1) is 12.0. The van der Waals surface area contributed by atoms with Gasteiger partial charge in [-0.05, 0) is 37.6 Å². The molecule has 2 aromatic heterocycles. The summed E-state index contributed by atoms with van der Waals surface area (Å²) < 4.78 is 10.4. The van der Waals surface area contributed by atoms with Gasteiger partial charge in [-0.2, -0.15) is 0 Å². The van der Waals surface area contributed by atoms with Crippen LogP contribution in [0.1, 0.15) is 31.0 Å². The highest BCUT2D eigenvalue weighted by atomic mass is 16.4. The first-order chi connectivity index (χ1) is 8.25. The zero-order valence-electron chi connectivity index (χ0n) is 9.80. The number of nitrogens with one attached hydrogen (secondary N) is 1. The van der Waals surface area contributed by atoms with Gasteiger partial charge in [-0.25, -0.2) is 0 Å². The monoisotopic (exact) mass is 235 g/mol. The van der Waals surface area contributed by atoms with Crippen molar-refractivity contribution in [2.45, 2.75) is 32.0 Å². The molecule has 2 aromatic rings. The largest absolute Gasteiger partial charge is 0.468 e. The van der Waals surface area contributed by atoms with Crippen molar-refractivity contribution in [1.29, 1.82) is 0 Å². The van der Waals surface area contributed by atoms with Crippen molar-refractivity contribution in [2.75, 3.05) is 0 Å². The van der Waals surface area contributed by atoms with E-state index >= 15 is 0 Å². The lowest BCUT2D eigenvalue weighted by atomic mass is 10.1. The minimum atomic E-state index is -0.566. The Morgan fingerprint density at radius 3 is 2.65 bits per heavy atom. The van der Waals surface area contributed by atoms with Crippen molar-refractivity contribution >= 4 is 0 Å². The van der Waals surface area contributed by atoms with Gasteiger partial charge in [-0.15, -0.1) is 0 Å². The summed E-state index contributed by atoms with van der Waals surface area (Å²) in [5.41, 5.74) is 0. The van der Waals surface area contributed by atoms with Crippen LogP contribution in [0, 0.1) is 0 Å². The molecular formula is C13H17NO3. The van der Waals surface area contributed by atoms with Crippen molar-refractivity contribution in [3.63, 3.8) is 0 Å². The average Bonchev–Trinajstić information content (AvgIpc) is 2.99. The molecule has 2 unspecified atom stereocenters. The van der Waals surface area contributed by atoms with Gasteiger partial charge in [0.05, 0.1) is 19.1 Å². The molecule has 0 spiro atoms. The molecule has 4 heteroatoms. The van der Waals surface area contributed by atoms with Crippen molar-refractivity contribution < 1.29 is 13.9 Å². The molecule has 0 saturated heterocycles. The van der Waals surface area contributed by atoms with E-state index in [1.807, 2.05) is 19.1 Å². The predicted octanol–water partition coefficient (Wildman–Crippen LogP) is 2.47. The molecule has 0 saturated carbocycles. The number of hydrogen-bond acceptors (Lipinski definition) is 4. The third-order valence-electron chi connectivity index (χ3n) is 2.65. The molecule has 2 heterocycles. The lowest BCUT2D eigenvalue weighted by Gasteiger charge is -2.15. The molecule has 2 rings (SSSR count). The Morgan fingerprint density at radius 2 is 2.00 bits per heavy atom. The summed E-state index contributed by atoms with van der Waals surface area (Å²) in [7, 11) is 0. The van der Waals surface area contributed by atoms with E-state index in [1.54, 1.807) is 24.7 Å². The predicted molar refractivity (Wildman–Crippen MR) is 63.3 cm³/mol. The molecular weight excluding hydrogens is 218 g/mol. The number of rotatable bonds is 6. The standard InChI is InChI=1S/C13H17NO3/c1-10(14-9-11-4-2-6-16-11)8-12(15)13-5-3-7-17-13/h2-7,10,12,14-15H,8-9H2,1H3. The maximum atomic E-state index is 9.88. The second-order valence-corrected chi connectivity index (χ2v) is 4.13. The summed E-state index contributed by atoms with van der Waals surface area (Å²) in [6.07, 6.45) is 3.26. The van der Waals surface area contributed by atoms with Gasteiger partial charge in [-0.1, -0.05) is 0 Å². The Hall–Kier alpha value is -1.52. The average molecular weight is 235 g/mol. The first-order valence-corrected chi connectivity index (χ1v) is 5.73. The third-order valence-corrected chi connectivity index (χ3v) is 2.65. The summed E-state index contributed by atoms with van der Waals surface area (Å²) in [5.74, 6) is 1.50. The van der Waals surface area contributed by atoms with Gasteiger partial charge in [0, 0.05) is 6.04 Å². The van der Waals surface area contributed by atoms with Gasteiger partial charge >= 0.3 is 0 Å². The van der Waals surface area contributed by atoms with Crippen LogP contribution in [0.25, 0.3) is 0 Å². The molecule has 0 aliphatic heterocycles. The van der Waals surface area contributed by atoms with Crippen LogP contribution in [0.2, 0.25) is 0 Å². The summed E-state index contributed by atoms with van der Waals surface area (Å²) in [4.78, 5) is 0. The molecule has 92 valence electrons. The molecule has 17 heavy (non-hydrogen) atoms. The Bertz CT molecular complexity index is 408. The summed E-state index contributed by atoms with van der Waals surface area (Å²) in [6, 6.07) is 7.52. The summed E-state index contributed by atoms with van der Waals surface area (Å²) >= 11 is 0. The Morgan fingerprint density at radius 1 is 1.24 bits per heavy atom. The van der Waals surface area contributed by atoms with E-state index in [0.717, 1.165) is 5.76 Å². The maximum Gasteiger partial charge on any atom is 0.132 e. The quantitative estimate of drug-likeness (QED) is 0.807. The minimum Gasteiger partial charge on any atom is -0.468 e. The van der Waals surface area contributed by atoms with E-state index in [4.69, 9.17) is 8.83 Å². The van der Waals surface area contributed by atoms with Crippen molar-refractivity contribution in [1.82, 2.24) is 5.32 Å². The molecule has 0 amide bonds. The Labute approximate surface area is 100 Å². The molecule has 0 fully saturated rings. The fraction of sp³-hybridized carbons (Fsp3) is 0.385. The highest BCUT2D eigenvalue weighted by Crippen LogP contribution is 2.18. The van der Waals surface area contributed by atoms with Crippen LogP contribution in [0.5, 0.6) is 0 Å². The van der Waals surface area contributed by atoms with Crippen LogP contribution in [-0.2, 0) is 6.54 Å². The highest BCUT2D eigenvalue weighted by Gasteiger charge is 2.14. The van der Waals surface area contributed by atoms with Gasteiger partial charge in [-0.3, -0.25) is 0 Å². The van der Waals surface area contributed by atoms with Gasteiger partial charge in [0.1, 0.15) is 17.6 Å². The number of aliphatic hydroxyl groups is 1. The second-order valence-electron chi connectivity index (χ2n) is 4.13. The molecule has 2 N–H and O–H groups in total. The van der Waals surface area contributed by atoms with Crippen molar-refractivity contribution in [3.8, 4) is 0 Å². The molecule has 0 aliphatic rings. The highest BCUT2D eigenvalue weighted by molar-refractivity contribution is 5.02. The Balaban J connectivity index is 1.75. The summed E-state index contributed by atoms with van der Waals surface area (Å²) in [6.45, 7) is 2.69. The van der Waals surface area contributed by atoms with Crippen LogP contribution >= 0.6 is 0 Å². The van der Waals surface area contributed by atoms with Gasteiger partial charge < -0.3 is 19.3 Å². The smallest absolute Gasteiger partial charge is 0.132 e. The third kappa shape index (κ3) is 3.47. The minimum absolute atomic E-state index is 0.181. The molecule has 0 radical (unpaired) electrons. The lowest BCUT2D eigenvalue weighted by molar-refractivity contribution is 0.128. The van der Waals surface area contributed by atoms with E-state index in [0.29, 0.717) is 18.7 Å². The lowest BCUT2D eigenvalue weighted by Crippen LogP contribution is -2.27. The second kappa shape index (κ2) is 5.70. The topological polar surface area (TPSA) is 58.5 Å². The van der Waals surface area contributed by atoms with Gasteiger partial charge in [0.25, 0.3) is 0 Å².